The number of thioether (sulfide) groups is 1. The topological polar surface area (TPSA) is 12.0 Å². The summed E-state index contributed by atoms with van der Waals surface area (Å²) in [4.78, 5) is 1.42. The van der Waals surface area contributed by atoms with Crippen LogP contribution in [0.1, 0.15) is 25.6 Å². The minimum absolute atomic E-state index is 0.393. The lowest BCUT2D eigenvalue weighted by atomic mass is 10.3. The standard InChI is InChI=1S/C11H19NS2/c1-11(2,3)14-8-6-12-9-10-5-4-7-13-10/h4-5,7,12H,6,8-9H2,1-3H3. The quantitative estimate of drug-likeness (QED) is 0.777. The first kappa shape index (κ1) is 12.1. The van der Waals surface area contributed by atoms with Gasteiger partial charge in [0.25, 0.3) is 0 Å². The van der Waals surface area contributed by atoms with E-state index < -0.39 is 0 Å². The molecule has 0 fully saturated rings. The fourth-order valence-electron chi connectivity index (χ4n) is 1.05. The van der Waals surface area contributed by atoms with Gasteiger partial charge in [-0.05, 0) is 11.4 Å². The maximum Gasteiger partial charge on any atom is 0.0300 e. The Balaban J connectivity index is 2.00. The molecule has 0 aliphatic carbocycles. The van der Waals surface area contributed by atoms with E-state index in [-0.39, 0.29) is 0 Å². The molecular formula is C11H19NS2. The van der Waals surface area contributed by atoms with E-state index in [1.807, 2.05) is 23.1 Å². The highest BCUT2D eigenvalue weighted by Gasteiger charge is 2.08. The smallest absolute Gasteiger partial charge is 0.0300 e. The summed E-state index contributed by atoms with van der Waals surface area (Å²) in [7, 11) is 0. The van der Waals surface area contributed by atoms with Gasteiger partial charge in [0.2, 0.25) is 0 Å². The number of hydrogen-bond donors (Lipinski definition) is 1. The lowest BCUT2D eigenvalue weighted by molar-refractivity contribution is 0.733. The van der Waals surface area contributed by atoms with Crippen molar-refractivity contribution in [3.63, 3.8) is 0 Å². The number of thiophene rings is 1. The summed E-state index contributed by atoms with van der Waals surface area (Å²) in [6.07, 6.45) is 0. The first-order chi connectivity index (χ1) is 6.58. The molecule has 0 saturated heterocycles. The Hall–Kier alpha value is 0.01000. The van der Waals surface area contributed by atoms with Gasteiger partial charge < -0.3 is 5.32 Å². The van der Waals surface area contributed by atoms with Crippen LogP contribution in [0.25, 0.3) is 0 Å². The third kappa shape index (κ3) is 5.68. The minimum atomic E-state index is 0.393. The van der Waals surface area contributed by atoms with Crippen molar-refractivity contribution in [2.24, 2.45) is 0 Å². The Bertz CT molecular complexity index is 236. The van der Waals surface area contributed by atoms with Crippen molar-refractivity contribution < 1.29 is 0 Å². The van der Waals surface area contributed by atoms with Gasteiger partial charge in [-0.1, -0.05) is 26.8 Å². The molecule has 1 rings (SSSR count). The van der Waals surface area contributed by atoms with E-state index in [9.17, 15) is 0 Å². The number of nitrogens with one attached hydrogen (secondary N) is 1. The van der Waals surface area contributed by atoms with Crippen molar-refractivity contribution in [1.82, 2.24) is 5.32 Å². The van der Waals surface area contributed by atoms with Gasteiger partial charge in [0.1, 0.15) is 0 Å². The Kier molecular flexibility index (Phi) is 4.99. The van der Waals surface area contributed by atoms with E-state index in [0.717, 1.165) is 13.1 Å². The molecule has 1 nitrogen and oxygen atoms in total. The second-order valence-corrected chi connectivity index (χ2v) is 7.17. The molecule has 1 N–H and O–H groups in total. The van der Waals surface area contributed by atoms with Gasteiger partial charge in [-0.3, -0.25) is 0 Å². The van der Waals surface area contributed by atoms with E-state index in [4.69, 9.17) is 0 Å². The van der Waals surface area contributed by atoms with Crippen LogP contribution in [-0.4, -0.2) is 17.0 Å². The van der Waals surface area contributed by atoms with Crippen LogP contribution in [0, 0.1) is 0 Å². The van der Waals surface area contributed by atoms with Gasteiger partial charge >= 0.3 is 0 Å². The average molecular weight is 229 g/mol. The zero-order valence-corrected chi connectivity index (χ0v) is 10.8. The molecule has 14 heavy (non-hydrogen) atoms. The molecule has 0 aromatic carbocycles. The molecule has 0 bridgehead atoms. The second-order valence-electron chi connectivity index (χ2n) is 4.22. The molecule has 0 radical (unpaired) electrons. The van der Waals surface area contributed by atoms with Crippen LogP contribution in [0.15, 0.2) is 17.5 Å². The van der Waals surface area contributed by atoms with Gasteiger partial charge in [-0.25, -0.2) is 0 Å². The van der Waals surface area contributed by atoms with Gasteiger partial charge in [-0.2, -0.15) is 11.8 Å². The molecule has 0 unspecified atom stereocenters. The predicted molar refractivity (Wildman–Crippen MR) is 68.2 cm³/mol. The van der Waals surface area contributed by atoms with Crippen LogP contribution in [-0.2, 0) is 6.54 Å². The zero-order chi connectivity index (χ0) is 10.4. The van der Waals surface area contributed by atoms with E-state index in [0.29, 0.717) is 4.75 Å². The monoisotopic (exact) mass is 229 g/mol. The number of rotatable bonds is 5. The van der Waals surface area contributed by atoms with Crippen molar-refractivity contribution in [2.75, 3.05) is 12.3 Å². The van der Waals surface area contributed by atoms with E-state index in [1.165, 1.54) is 10.6 Å². The molecule has 80 valence electrons. The van der Waals surface area contributed by atoms with Gasteiger partial charge in [-0.15, -0.1) is 11.3 Å². The molecule has 1 aromatic heterocycles. The fourth-order valence-corrected chi connectivity index (χ4v) is 2.59. The summed E-state index contributed by atoms with van der Waals surface area (Å²) in [5.74, 6) is 1.19. The Morgan fingerprint density at radius 1 is 1.43 bits per heavy atom. The summed E-state index contributed by atoms with van der Waals surface area (Å²) in [5.41, 5.74) is 0. The molecule has 0 atom stereocenters. The van der Waals surface area contributed by atoms with Gasteiger partial charge in [0.05, 0.1) is 0 Å². The van der Waals surface area contributed by atoms with Gasteiger partial charge in [0.15, 0.2) is 0 Å². The Morgan fingerprint density at radius 2 is 2.21 bits per heavy atom. The first-order valence-corrected chi connectivity index (χ1v) is 6.81. The lowest BCUT2D eigenvalue weighted by Gasteiger charge is -2.17. The third-order valence-corrected chi connectivity index (χ3v) is 3.84. The molecule has 1 heterocycles. The second kappa shape index (κ2) is 5.79. The van der Waals surface area contributed by atoms with Crippen molar-refractivity contribution in [1.29, 1.82) is 0 Å². The minimum Gasteiger partial charge on any atom is -0.311 e. The van der Waals surface area contributed by atoms with Crippen molar-refractivity contribution in [2.45, 2.75) is 32.1 Å². The van der Waals surface area contributed by atoms with Crippen molar-refractivity contribution in [3.05, 3.63) is 22.4 Å². The summed E-state index contributed by atoms with van der Waals surface area (Å²) < 4.78 is 0.393. The Morgan fingerprint density at radius 3 is 2.79 bits per heavy atom. The summed E-state index contributed by atoms with van der Waals surface area (Å²) in [5, 5.41) is 5.58. The molecule has 0 spiro atoms. The normalized spacial score (nSPS) is 11.9. The average Bonchev–Trinajstić information content (AvgIpc) is 2.54. The van der Waals surface area contributed by atoms with Gasteiger partial charge in [0, 0.05) is 28.5 Å². The van der Waals surface area contributed by atoms with Crippen molar-refractivity contribution >= 4 is 23.1 Å². The molecule has 1 aromatic rings. The molecule has 0 aliphatic heterocycles. The predicted octanol–water partition coefficient (Wildman–Crippen LogP) is 3.37. The van der Waals surface area contributed by atoms with E-state index in [1.54, 1.807) is 0 Å². The molecular weight excluding hydrogens is 210 g/mol. The van der Waals surface area contributed by atoms with Crippen LogP contribution in [0.5, 0.6) is 0 Å². The lowest BCUT2D eigenvalue weighted by Crippen LogP contribution is -2.19. The van der Waals surface area contributed by atoms with Crippen molar-refractivity contribution in [3.8, 4) is 0 Å². The maximum atomic E-state index is 3.45. The molecule has 0 aliphatic rings. The van der Waals surface area contributed by atoms with Crippen LogP contribution >= 0.6 is 23.1 Å². The molecule has 3 heteroatoms. The third-order valence-electron chi connectivity index (χ3n) is 1.69. The molecule has 0 amide bonds. The van der Waals surface area contributed by atoms with E-state index >= 15 is 0 Å². The highest BCUT2D eigenvalue weighted by Crippen LogP contribution is 2.22. The highest BCUT2D eigenvalue weighted by atomic mass is 32.2. The van der Waals surface area contributed by atoms with Crippen LogP contribution in [0.4, 0.5) is 0 Å². The Labute approximate surface area is 95.3 Å². The van der Waals surface area contributed by atoms with Crippen LogP contribution in [0.2, 0.25) is 0 Å². The van der Waals surface area contributed by atoms with E-state index in [2.05, 4.69) is 43.6 Å². The fraction of sp³-hybridized carbons (Fsp3) is 0.636. The number of hydrogen-bond acceptors (Lipinski definition) is 3. The SMILES string of the molecule is CC(C)(C)SCCNCc1cccs1. The maximum absolute atomic E-state index is 3.45. The molecule has 0 saturated carbocycles. The van der Waals surface area contributed by atoms with Crippen LogP contribution < -0.4 is 5.32 Å². The summed E-state index contributed by atoms with van der Waals surface area (Å²) in [6, 6.07) is 4.28. The first-order valence-electron chi connectivity index (χ1n) is 4.95. The summed E-state index contributed by atoms with van der Waals surface area (Å²) >= 11 is 3.83. The highest BCUT2D eigenvalue weighted by molar-refractivity contribution is 8.00. The zero-order valence-electron chi connectivity index (χ0n) is 9.17. The largest absolute Gasteiger partial charge is 0.311 e. The van der Waals surface area contributed by atoms with Crippen LogP contribution in [0.3, 0.4) is 0 Å². The summed E-state index contributed by atoms with van der Waals surface area (Å²) in [6.45, 7) is 8.90.